The lowest BCUT2D eigenvalue weighted by atomic mass is 10.3. The molecule has 1 aromatic heterocycles. The van der Waals surface area contributed by atoms with Gasteiger partial charge in [-0.25, -0.2) is 8.42 Å². The van der Waals surface area contributed by atoms with Gasteiger partial charge in [0.1, 0.15) is 6.54 Å². The number of hydrogen-bond donors (Lipinski definition) is 1. The summed E-state index contributed by atoms with van der Waals surface area (Å²) in [6.07, 6.45) is 0.834. The van der Waals surface area contributed by atoms with E-state index in [0.717, 1.165) is 10.9 Å². The van der Waals surface area contributed by atoms with Gasteiger partial charge in [-0.2, -0.15) is 4.68 Å². The van der Waals surface area contributed by atoms with Crippen molar-refractivity contribution in [2.24, 2.45) is 0 Å². The van der Waals surface area contributed by atoms with E-state index in [4.69, 9.17) is 15.4 Å². The van der Waals surface area contributed by atoms with Gasteiger partial charge >= 0.3 is 5.82 Å². The number of carbonyl (C=O) groups excluding carboxylic acids is 1. The molecule has 0 radical (unpaired) electrons. The van der Waals surface area contributed by atoms with Gasteiger partial charge in [-0.3, -0.25) is 4.79 Å². The van der Waals surface area contributed by atoms with Gasteiger partial charge in [0.05, 0.1) is 17.9 Å². The third kappa shape index (κ3) is 4.95. The molecule has 1 amide bonds. The molecule has 10 nitrogen and oxygen atoms in total. The topological polar surface area (TPSA) is 133 Å². The van der Waals surface area contributed by atoms with Crippen molar-refractivity contribution < 1.29 is 22.9 Å². The van der Waals surface area contributed by atoms with Crippen LogP contribution < -0.4 is 5.32 Å². The van der Waals surface area contributed by atoms with E-state index >= 15 is 0 Å². The van der Waals surface area contributed by atoms with Crippen LogP contribution in [0.4, 0.5) is 5.82 Å². The first-order chi connectivity index (χ1) is 9.65. The second-order valence-corrected chi connectivity index (χ2v) is 6.67. The van der Waals surface area contributed by atoms with E-state index in [1.165, 1.54) is 7.11 Å². The predicted octanol–water partition coefficient (Wildman–Crippen LogP) is -0.130. The molecule has 21 heavy (non-hydrogen) atoms. The van der Waals surface area contributed by atoms with Gasteiger partial charge in [-0.15, -0.1) is 0 Å². The third-order valence-electron chi connectivity index (χ3n) is 2.28. The van der Waals surface area contributed by atoms with Crippen molar-refractivity contribution in [1.29, 1.82) is 0 Å². The molecule has 0 aliphatic heterocycles. The van der Waals surface area contributed by atoms with E-state index in [1.807, 2.05) is 0 Å². The summed E-state index contributed by atoms with van der Waals surface area (Å²) < 4.78 is 28.1. The number of aromatic nitrogens is 2. The lowest BCUT2D eigenvalue weighted by Gasteiger charge is -2.11. The Morgan fingerprint density at radius 2 is 2.29 bits per heavy atom. The molecule has 0 bridgehead atoms. The van der Waals surface area contributed by atoms with Gasteiger partial charge in [-0.05, 0) is 11.8 Å². The second-order valence-electron chi connectivity index (χ2n) is 4.13. The van der Waals surface area contributed by atoms with E-state index < -0.39 is 30.6 Å². The Morgan fingerprint density at radius 3 is 2.71 bits per heavy atom. The molecule has 0 saturated heterocycles. The van der Waals surface area contributed by atoms with Crippen LogP contribution in [0.15, 0.2) is 11.1 Å². The molecule has 0 aromatic carbocycles. The Balaban J connectivity index is 2.91. The van der Waals surface area contributed by atoms with Gasteiger partial charge in [0.2, 0.25) is 10.8 Å². The summed E-state index contributed by atoms with van der Waals surface area (Å²) in [6.45, 7) is 1.59. The number of ether oxygens (including phenoxy) is 1. The molecule has 0 fully saturated rings. The monoisotopic (exact) mass is 340 g/mol. The number of rotatable bonds is 7. The molecule has 1 N–H and O–H groups in total. The zero-order valence-corrected chi connectivity index (χ0v) is 12.7. The van der Waals surface area contributed by atoms with Gasteiger partial charge in [-0.1, -0.05) is 0 Å². The van der Waals surface area contributed by atoms with Crippen molar-refractivity contribution in [3.05, 3.63) is 16.3 Å². The molecule has 1 atom stereocenters. The van der Waals surface area contributed by atoms with Crippen molar-refractivity contribution in [2.45, 2.75) is 24.4 Å². The normalized spacial score (nSPS) is 12.9. The van der Waals surface area contributed by atoms with Crippen LogP contribution in [0.3, 0.4) is 0 Å². The highest BCUT2D eigenvalue weighted by atomic mass is 35.7. The summed E-state index contributed by atoms with van der Waals surface area (Å²) in [6, 6.07) is -0.274. The minimum Gasteiger partial charge on any atom is -0.383 e. The summed E-state index contributed by atoms with van der Waals surface area (Å²) in [5.74, 6) is -1.43. The van der Waals surface area contributed by atoms with E-state index in [0.29, 0.717) is 0 Å². The number of carbonyl (C=O) groups is 1. The van der Waals surface area contributed by atoms with Crippen molar-refractivity contribution in [2.75, 3.05) is 13.7 Å². The Hall–Kier alpha value is -1.72. The van der Waals surface area contributed by atoms with Crippen LogP contribution in [-0.2, 0) is 25.1 Å². The predicted molar refractivity (Wildman–Crippen MR) is 71.4 cm³/mol. The first-order valence-corrected chi connectivity index (χ1v) is 7.91. The van der Waals surface area contributed by atoms with Crippen LogP contribution in [0.1, 0.15) is 6.92 Å². The Kier molecular flexibility index (Phi) is 5.63. The number of halogens is 1. The summed E-state index contributed by atoms with van der Waals surface area (Å²) in [5, 5.41) is 16.7. The highest BCUT2D eigenvalue weighted by Gasteiger charge is 2.30. The van der Waals surface area contributed by atoms with Gasteiger partial charge < -0.3 is 20.2 Å². The van der Waals surface area contributed by atoms with Crippen LogP contribution in [0, 0.1) is 10.1 Å². The minimum absolute atomic E-state index is 0.274. The Bertz CT molecular complexity index is 643. The molecule has 1 heterocycles. The van der Waals surface area contributed by atoms with Crippen molar-refractivity contribution in [1.82, 2.24) is 15.1 Å². The number of amides is 1. The SMILES string of the molecule is COCC(C)NC(=O)Cn1cc(S(=O)(=O)Cl)c([N+](=O)[O-])n1. The molecule has 1 aromatic rings. The largest absolute Gasteiger partial charge is 0.410 e. The van der Waals surface area contributed by atoms with Gasteiger partial charge in [0.15, 0.2) is 0 Å². The van der Waals surface area contributed by atoms with E-state index in [-0.39, 0.29) is 19.2 Å². The van der Waals surface area contributed by atoms with Crippen molar-refractivity contribution >= 4 is 31.5 Å². The Morgan fingerprint density at radius 1 is 1.67 bits per heavy atom. The number of methoxy groups -OCH3 is 1. The average Bonchev–Trinajstić information content (AvgIpc) is 2.72. The number of nitro groups is 1. The smallest absolute Gasteiger partial charge is 0.383 e. The molecule has 0 spiro atoms. The molecule has 0 aliphatic rings. The lowest BCUT2D eigenvalue weighted by molar-refractivity contribution is -0.392. The van der Waals surface area contributed by atoms with E-state index in [2.05, 4.69) is 10.4 Å². The fourth-order valence-corrected chi connectivity index (χ4v) is 2.44. The van der Waals surface area contributed by atoms with Crippen LogP contribution in [-0.4, -0.2) is 48.8 Å². The van der Waals surface area contributed by atoms with Crippen LogP contribution in [0.5, 0.6) is 0 Å². The highest BCUT2D eigenvalue weighted by molar-refractivity contribution is 8.13. The minimum atomic E-state index is -4.33. The maximum Gasteiger partial charge on any atom is 0.410 e. The number of hydrogen-bond acceptors (Lipinski definition) is 7. The summed E-state index contributed by atoms with van der Waals surface area (Å²) in [5.41, 5.74) is 0. The lowest BCUT2D eigenvalue weighted by Crippen LogP contribution is -2.37. The number of nitrogens with one attached hydrogen (secondary N) is 1. The van der Waals surface area contributed by atoms with Gasteiger partial charge in [0.25, 0.3) is 9.05 Å². The molecule has 0 aliphatic carbocycles. The van der Waals surface area contributed by atoms with Crippen molar-refractivity contribution in [3.8, 4) is 0 Å². The summed E-state index contributed by atoms with van der Waals surface area (Å²) >= 11 is 0. The molecule has 1 rings (SSSR count). The zero-order chi connectivity index (χ0) is 16.2. The van der Waals surface area contributed by atoms with Crippen LogP contribution in [0.25, 0.3) is 0 Å². The highest BCUT2D eigenvalue weighted by Crippen LogP contribution is 2.24. The first kappa shape index (κ1) is 17.3. The third-order valence-corrected chi connectivity index (χ3v) is 3.59. The molecular weight excluding hydrogens is 328 g/mol. The maximum absolute atomic E-state index is 11.7. The first-order valence-electron chi connectivity index (χ1n) is 5.60. The summed E-state index contributed by atoms with van der Waals surface area (Å²) in [7, 11) is 2.22. The molecular formula is C9H13ClN4O6S. The zero-order valence-electron chi connectivity index (χ0n) is 11.1. The standard InChI is InChI=1S/C9H13ClN4O6S/c1-6(5-20-2)11-8(15)4-13-3-7(21(10,18)19)9(12-13)14(16)17/h3,6H,4-5H2,1-2H3,(H,11,15). The fraction of sp³-hybridized carbons (Fsp3) is 0.556. The average molecular weight is 341 g/mol. The maximum atomic E-state index is 11.7. The van der Waals surface area contributed by atoms with Crippen LogP contribution in [0.2, 0.25) is 0 Å². The molecule has 1 unspecified atom stereocenters. The molecule has 0 saturated carbocycles. The fourth-order valence-electron chi connectivity index (χ4n) is 1.53. The Labute approximate surface area is 124 Å². The van der Waals surface area contributed by atoms with Crippen molar-refractivity contribution in [3.63, 3.8) is 0 Å². The second kappa shape index (κ2) is 6.83. The van der Waals surface area contributed by atoms with E-state index in [1.54, 1.807) is 6.92 Å². The molecule has 12 heteroatoms. The van der Waals surface area contributed by atoms with E-state index in [9.17, 15) is 23.3 Å². The quantitative estimate of drug-likeness (QED) is 0.415. The molecule has 118 valence electrons. The summed E-state index contributed by atoms with van der Waals surface area (Å²) in [4.78, 5) is 20.6. The van der Waals surface area contributed by atoms with Crippen LogP contribution >= 0.6 is 10.7 Å². The number of nitrogens with zero attached hydrogens (tertiary/aromatic N) is 3. The van der Waals surface area contributed by atoms with Gasteiger partial charge in [0, 0.05) is 23.8 Å².